The number of thiophene rings is 1. The van der Waals surface area contributed by atoms with Crippen LogP contribution in [0.25, 0.3) is 10.1 Å². The molecule has 2 aromatic rings. The van der Waals surface area contributed by atoms with E-state index in [1.165, 1.54) is 37.0 Å². The lowest BCUT2D eigenvalue weighted by Gasteiger charge is -2.35. The average molecular weight is 381 g/mol. The summed E-state index contributed by atoms with van der Waals surface area (Å²) >= 11 is 7.49. The number of likely N-dealkylation sites (tertiary alicyclic amines) is 1. The minimum absolute atomic E-state index is 0.0702. The van der Waals surface area contributed by atoms with Crippen molar-refractivity contribution >= 4 is 38.9 Å². The maximum absolute atomic E-state index is 12.6. The largest absolute Gasteiger partial charge is 0.494 e. The molecule has 1 atom stereocenters. The van der Waals surface area contributed by atoms with E-state index < -0.39 is 0 Å². The van der Waals surface area contributed by atoms with E-state index in [0.717, 1.165) is 23.2 Å². The third-order valence-corrected chi connectivity index (χ3v) is 6.29. The second kappa shape index (κ2) is 8.39. The Morgan fingerprint density at radius 3 is 3.04 bits per heavy atom. The number of amides is 1. The summed E-state index contributed by atoms with van der Waals surface area (Å²) in [7, 11) is 1.60. The third kappa shape index (κ3) is 4.10. The number of piperidine rings is 1. The Kier molecular flexibility index (Phi) is 6.20. The number of hydrogen-bond donors (Lipinski definition) is 1. The van der Waals surface area contributed by atoms with Crippen LogP contribution in [0.4, 0.5) is 0 Å². The molecule has 0 saturated carbocycles. The van der Waals surface area contributed by atoms with Crippen LogP contribution in [0.5, 0.6) is 5.75 Å². The van der Waals surface area contributed by atoms with Crippen molar-refractivity contribution in [3.8, 4) is 5.75 Å². The van der Waals surface area contributed by atoms with Gasteiger partial charge < -0.3 is 10.1 Å². The van der Waals surface area contributed by atoms with Crippen LogP contribution in [0.3, 0.4) is 0 Å². The van der Waals surface area contributed by atoms with Crippen LogP contribution in [0, 0.1) is 0 Å². The molecule has 4 nitrogen and oxygen atoms in total. The number of rotatable bonds is 6. The number of nitrogens with one attached hydrogen (secondary N) is 1. The highest BCUT2D eigenvalue weighted by Crippen LogP contribution is 2.38. The number of fused-ring (bicyclic) bond motifs is 1. The van der Waals surface area contributed by atoms with Gasteiger partial charge in [0.15, 0.2) is 0 Å². The molecule has 0 spiro atoms. The molecule has 6 heteroatoms. The van der Waals surface area contributed by atoms with Crippen molar-refractivity contribution in [2.45, 2.75) is 38.6 Å². The van der Waals surface area contributed by atoms with Crippen LogP contribution >= 0.6 is 22.9 Å². The first-order valence-electron chi connectivity index (χ1n) is 8.92. The highest BCUT2D eigenvalue weighted by molar-refractivity contribution is 7.21. The molecular weight excluding hydrogens is 356 g/mol. The second-order valence-corrected chi connectivity index (χ2v) is 7.94. The maximum atomic E-state index is 12.6. The first-order chi connectivity index (χ1) is 12.1. The van der Waals surface area contributed by atoms with Gasteiger partial charge in [-0.2, -0.15) is 0 Å². The first-order valence-corrected chi connectivity index (χ1v) is 10.1. The number of ether oxygens (including phenoxy) is 1. The number of benzene rings is 1. The number of halogens is 1. The van der Waals surface area contributed by atoms with Crippen LogP contribution < -0.4 is 10.1 Å². The van der Waals surface area contributed by atoms with E-state index in [-0.39, 0.29) is 5.91 Å². The number of methoxy groups -OCH3 is 1. The average Bonchev–Trinajstić information content (AvgIpc) is 2.99. The molecule has 1 aromatic carbocycles. The minimum Gasteiger partial charge on any atom is -0.494 e. The quantitative estimate of drug-likeness (QED) is 0.798. The third-order valence-electron chi connectivity index (χ3n) is 4.92. The maximum Gasteiger partial charge on any atom is 0.265 e. The lowest BCUT2D eigenvalue weighted by molar-refractivity contribution is 0.0935. The Bertz CT molecular complexity index is 746. The smallest absolute Gasteiger partial charge is 0.265 e. The summed E-state index contributed by atoms with van der Waals surface area (Å²) in [5.74, 6) is 0.567. The fourth-order valence-corrected chi connectivity index (χ4v) is 4.97. The van der Waals surface area contributed by atoms with E-state index in [9.17, 15) is 4.79 Å². The molecule has 1 aliphatic rings. The second-order valence-electron chi connectivity index (χ2n) is 6.45. The Morgan fingerprint density at radius 2 is 2.28 bits per heavy atom. The molecular formula is C19H25ClN2O2S. The van der Waals surface area contributed by atoms with Gasteiger partial charge in [0.2, 0.25) is 0 Å². The molecule has 25 heavy (non-hydrogen) atoms. The topological polar surface area (TPSA) is 41.6 Å². The van der Waals surface area contributed by atoms with Crippen LogP contribution in [-0.4, -0.2) is 43.6 Å². The van der Waals surface area contributed by atoms with Gasteiger partial charge in [0.25, 0.3) is 5.91 Å². The summed E-state index contributed by atoms with van der Waals surface area (Å²) in [6.07, 6.45) is 5.03. The monoisotopic (exact) mass is 380 g/mol. The van der Waals surface area contributed by atoms with Crippen LogP contribution in [0.2, 0.25) is 5.02 Å². The van der Waals surface area contributed by atoms with E-state index in [1.807, 2.05) is 18.2 Å². The molecule has 1 fully saturated rings. The van der Waals surface area contributed by atoms with Gasteiger partial charge in [-0.05, 0) is 44.0 Å². The highest BCUT2D eigenvalue weighted by Gasteiger charge is 2.22. The fraction of sp³-hybridized carbons (Fsp3) is 0.526. The Hall–Kier alpha value is -1.30. The number of carbonyl (C=O) groups excluding carboxylic acids is 1. The summed E-state index contributed by atoms with van der Waals surface area (Å²) in [6, 6.07) is 6.26. The molecule has 1 aliphatic heterocycles. The normalized spacial score (nSPS) is 18.4. The number of carbonyl (C=O) groups is 1. The van der Waals surface area contributed by atoms with Crippen molar-refractivity contribution < 1.29 is 9.53 Å². The van der Waals surface area contributed by atoms with Crippen molar-refractivity contribution in [1.82, 2.24) is 10.2 Å². The van der Waals surface area contributed by atoms with Gasteiger partial charge in [-0.15, -0.1) is 11.3 Å². The van der Waals surface area contributed by atoms with Crippen LogP contribution in [-0.2, 0) is 0 Å². The number of nitrogens with zero attached hydrogens (tertiary/aromatic N) is 1. The summed E-state index contributed by atoms with van der Waals surface area (Å²) in [5.41, 5.74) is 0. The van der Waals surface area contributed by atoms with Gasteiger partial charge in [-0.25, -0.2) is 0 Å². The highest BCUT2D eigenvalue weighted by atomic mass is 35.5. The Balaban J connectivity index is 1.66. The van der Waals surface area contributed by atoms with E-state index in [4.69, 9.17) is 16.3 Å². The van der Waals surface area contributed by atoms with Crippen LogP contribution in [0.1, 0.15) is 42.3 Å². The number of hydrogen-bond acceptors (Lipinski definition) is 4. The van der Waals surface area contributed by atoms with Gasteiger partial charge in [0, 0.05) is 34.2 Å². The molecule has 1 aromatic heterocycles. The lowest BCUT2D eigenvalue weighted by Crippen LogP contribution is -2.43. The van der Waals surface area contributed by atoms with E-state index in [0.29, 0.717) is 28.2 Å². The van der Waals surface area contributed by atoms with Gasteiger partial charge in [0.05, 0.1) is 7.11 Å². The molecule has 136 valence electrons. The zero-order chi connectivity index (χ0) is 17.8. The SMILES string of the molecule is CC[C@H]1CCCCN1CCNC(=O)c1sc2cc(Cl)ccc2c1OC. The summed E-state index contributed by atoms with van der Waals surface area (Å²) < 4.78 is 6.46. The zero-order valence-electron chi connectivity index (χ0n) is 14.8. The van der Waals surface area contributed by atoms with Crippen molar-refractivity contribution in [2.75, 3.05) is 26.7 Å². The molecule has 0 unspecified atom stereocenters. The fourth-order valence-electron chi connectivity index (χ4n) is 3.61. The molecule has 0 bridgehead atoms. The first kappa shape index (κ1) is 18.5. The molecule has 0 aliphatic carbocycles. The van der Waals surface area contributed by atoms with Gasteiger partial charge >= 0.3 is 0 Å². The van der Waals surface area contributed by atoms with Gasteiger partial charge in [-0.3, -0.25) is 9.69 Å². The summed E-state index contributed by atoms with van der Waals surface area (Å²) in [5, 5.41) is 4.66. The predicted molar refractivity (Wildman–Crippen MR) is 105 cm³/mol. The summed E-state index contributed by atoms with van der Waals surface area (Å²) in [4.78, 5) is 15.8. The molecule has 3 rings (SSSR count). The lowest BCUT2D eigenvalue weighted by atomic mass is 10.0. The van der Waals surface area contributed by atoms with Crippen molar-refractivity contribution in [2.24, 2.45) is 0 Å². The van der Waals surface area contributed by atoms with Crippen molar-refractivity contribution in [3.63, 3.8) is 0 Å². The standard InChI is InChI=1S/C19H25ClN2O2S/c1-3-14-6-4-5-10-22(14)11-9-21-19(23)18-17(24-2)15-8-7-13(20)12-16(15)25-18/h7-8,12,14H,3-6,9-11H2,1-2H3,(H,21,23)/t14-/m0/s1. The Labute approximate surface area is 158 Å². The summed E-state index contributed by atoms with van der Waals surface area (Å²) in [6.45, 7) is 4.95. The van der Waals surface area contributed by atoms with E-state index in [2.05, 4.69) is 17.1 Å². The van der Waals surface area contributed by atoms with Crippen molar-refractivity contribution in [1.29, 1.82) is 0 Å². The predicted octanol–water partition coefficient (Wildman–Crippen LogP) is 4.56. The zero-order valence-corrected chi connectivity index (χ0v) is 16.4. The molecule has 2 heterocycles. The van der Waals surface area contributed by atoms with Gasteiger partial charge in [0.1, 0.15) is 10.6 Å². The van der Waals surface area contributed by atoms with Crippen molar-refractivity contribution in [3.05, 3.63) is 28.1 Å². The van der Waals surface area contributed by atoms with E-state index in [1.54, 1.807) is 7.11 Å². The molecule has 0 radical (unpaired) electrons. The minimum atomic E-state index is -0.0702. The molecule has 1 amide bonds. The van der Waals surface area contributed by atoms with Gasteiger partial charge in [-0.1, -0.05) is 24.9 Å². The Morgan fingerprint density at radius 1 is 1.44 bits per heavy atom. The van der Waals surface area contributed by atoms with Crippen LogP contribution in [0.15, 0.2) is 18.2 Å². The van der Waals surface area contributed by atoms with E-state index >= 15 is 0 Å². The molecule has 1 N–H and O–H groups in total. The molecule has 1 saturated heterocycles.